The number of carbonyl (C=O) groups is 1. The van der Waals surface area contributed by atoms with Gasteiger partial charge in [0.25, 0.3) is 0 Å². The van der Waals surface area contributed by atoms with Crippen molar-refractivity contribution < 1.29 is 14.3 Å². The van der Waals surface area contributed by atoms with Gasteiger partial charge in [0.2, 0.25) is 5.91 Å². The molecule has 0 aromatic carbocycles. The molecular formula is C18H31N3O3. The maximum absolute atomic E-state index is 12.4. The number of nitrogens with one attached hydrogen (secondary N) is 1. The van der Waals surface area contributed by atoms with Gasteiger partial charge in [-0.05, 0) is 53.9 Å². The standard InChI is InChI=1S/C18H31N3O3/c1-6-23-10-11-24-13(2)17(22)20-15-8-7-9-16-14(15)12-19-21(16)18(3,4)5/h12-13,15H,6-11H2,1-5H3,(H,20,22). The molecule has 1 amide bonds. The van der Waals surface area contributed by atoms with Crippen molar-refractivity contribution in [3.05, 3.63) is 17.5 Å². The van der Waals surface area contributed by atoms with E-state index < -0.39 is 6.10 Å². The normalized spacial score (nSPS) is 19.0. The summed E-state index contributed by atoms with van der Waals surface area (Å²) in [5.74, 6) is -0.0761. The Morgan fingerprint density at radius 3 is 2.88 bits per heavy atom. The van der Waals surface area contributed by atoms with Crippen LogP contribution in [-0.4, -0.2) is 41.6 Å². The number of nitrogens with zero attached hydrogens (tertiary/aromatic N) is 2. The smallest absolute Gasteiger partial charge is 0.249 e. The van der Waals surface area contributed by atoms with Crippen molar-refractivity contribution in [2.24, 2.45) is 0 Å². The molecule has 2 atom stereocenters. The Hall–Kier alpha value is -1.40. The maximum atomic E-state index is 12.4. The number of hydrogen-bond acceptors (Lipinski definition) is 4. The topological polar surface area (TPSA) is 65.4 Å². The summed E-state index contributed by atoms with van der Waals surface area (Å²) >= 11 is 0. The largest absolute Gasteiger partial charge is 0.379 e. The van der Waals surface area contributed by atoms with Gasteiger partial charge in [-0.15, -0.1) is 0 Å². The lowest BCUT2D eigenvalue weighted by Crippen LogP contribution is -2.39. The quantitative estimate of drug-likeness (QED) is 0.777. The first kappa shape index (κ1) is 18.9. The molecule has 1 aromatic heterocycles. The first-order valence-electron chi connectivity index (χ1n) is 8.91. The molecule has 2 unspecified atom stereocenters. The van der Waals surface area contributed by atoms with E-state index in [4.69, 9.17) is 9.47 Å². The van der Waals surface area contributed by atoms with Crippen LogP contribution >= 0.6 is 0 Å². The average Bonchev–Trinajstić information content (AvgIpc) is 2.96. The lowest BCUT2D eigenvalue weighted by Gasteiger charge is -2.28. The predicted octanol–water partition coefficient (Wildman–Crippen LogP) is 2.57. The number of carbonyl (C=O) groups excluding carboxylic acids is 1. The number of fused-ring (bicyclic) bond motifs is 1. The highest BCUT2D eigenvalue weighted by atomic mass is 16.5. The van der Waals surface area contributed by atoms with Gasteiger partial charge in [0, 0.05) is 17.9 Å². The van der Waals surface area contributed by atoms with E-state index in [2.05, 4.69) is 35.9 Å². The summed E-state index contributed by atoms with van der Waals surface area (Å²) in [7, 11) is 0. The van der Waals surface area contributed by atoms with Crippen LogP contribution in [0.2, 0.25) is 0 Å². The van der Waals surface area contributed by atoms with Gasteiger partial charge >= 0.3 is 0 Å². The summed E-state index contributed by atoms with van der Waals surface area (Å²) < 4.78 is 12.8. The van der Waals surface area contributed by atoms with Gasteiger partial charge in [0.15, 0.2) is 0 Å². The van der Waals surface area contributed by atoms with Crippen LogP contribution in [0.5, 0.6) is 0 Å². The molecule has 0 spiro atoms. The highest BCUT2D eigenvalue weighted by Crippen LogP contribution is 2.32. The zero-order valence-electron chi connectivity index (χ0n) is 15.6. The molecule has 0 saturated carbocycles. The van der Waals surface area contributed by atoms with Crippen LogP contribution in [0, 0.1) is 0 Å². The van der Waals surface area contributed by atoms with Crippen molar-refractivity contribution in [1.82, 2.24) is 15.1 Å². The van der Waals surface area contributed by atoms with E-state index >= 15 is 0 Å². The highest BCUT2D eigenvalue weighted by molar-refractivity contribution is 5.80. The Labute approximate surface area is 144 Å². The molecule has 24 heavy (non-hydrogen) atoms. The van der Waals surface area contributed by atoms with Gasteiger partial charge in [-0.25, -0.2) is 0 Å². The molecule has 1 N–H and O–H groups in total. The van der Waals surface area contributed by atoms with Gasteiger partial charge in [0.1, 0.15) is 6.10 Å². The Balaban J connectivity index is 1.97. The minimum absolute atomic E-state index is 0.0234. The summed E-state index contributed by atoms with van der Waals surface area (Å²) in [4.78, 5) is 12.4. The van der Waals surface area contributed by atoms with E-state index in [1.807, 2.05) is 13.1 Å². The molecule has 136 valence electrons. The average molecular weight is 337 g/mol. The van der Waals surface area contributed by atoms with Crippen molar-refractivity contribution >= 4 is 5.91 Å². The molecule has 1 aromatic rings. The Morgan fingerprint density at radius 1 is 1.46 bits per heavy atom. The van der Waals surface area contributed by atoms with Crippen LogP contribution in [0.4, 0.5) is 0 Å². The van der Waals surface area contributed by atoms with Crippen molar-refractivity contribution in [1.29, 1.82) is 0 Å². The van der Waals surface area contributed by atoms with E-state index in [0.29, 0.717) is 19.8 Å². The van der Waals surface area contributed by atoms with Crippen LogP contribution < -0.4 is 5.32 Å². The van der Waals surface area contributed by atoms with Crippen LogP contribution in [0.3, 0.4) is 0 Å². The molecule has 0 fully saturated rings. The van der Waals surface area contributed by atoms with Gasteiger partial charge in [0.05, 0.1) is 31.0 Å². The molecule has 2 rings (SSSR count). The summed E-state index contributed by atoms with van der Waals surface area (Å²) in [5.41, 5.74) is 2.34. The van der Waals surface area contributed by atoms with E-state index in [9.17, 15) is 4.79 Å². The second-order valence-corrected chi connectivity index (χ2v) is 7.29. The molecule has 1 aliphatic carbocycles. The maximum Gasteiger partial charge on any atom is 0.249 e. The van der Waals surface area contributed by atoms with E-state index in [-0.39, 0.29) is 17.5 Å². The SMILES string of the molecule is CCOCCOC(C)C(=O)NC1CCCc2c1cnn2C(C)(C)C. The van der Waals surface area contributed by atoms with E-state index in [0.717, 1.165) is 24.8 Å². The molecule has 1 aliphatic rings. The molecule has 6 heteroatoms. The monoisotopic (exact) mass is 337 g/mol. The van der Waals surface area contributed by atoms with Crippen molar-refractivity contribution in [2.45, 2.75) is 71.6 Å². The number of ether oxygens (including phenoxy) is 2. The van der Waals surface area contributed by atoms with E-state index in [1.54, 1.807) is 6.92 Å². The molecule has 0 aliphatic heterocycles. The molecule has 0 bridgehead atoms. The summed E-state index contributed by atoms with van der Waals surface area (Å²) in [6.07, 6.45) is 4.44. The van der Waals surface area contributed by atoms with Crippen molar-refractivity contribution in [3.8, 4) is 0 Å². The third kappa shape index (κ3) is 4.57. The summed E-state index contributed by atoms with van der Waals surface area (Å²) in [6.45, 7) is 11.8. The Morgan fingerprint density at radius 2 is 2.21 bits per heavy atom. The zero-order valence-corrected chi connectivity index (χ0v) is 15.6. The van der Waals surface area contributed by atoms with Crippen LogP contribution in [0.25, 0.3) is 0 Å². The Kier molecular flexibility index (Phi) is 6.40. The minimum Gasteiger partial charge on any atom is -0.379 e. The lowest BCUT2D eigenvalue weighted by molar-refractivity contribution is -0.133. The zero-order chi connectivity index (χ0) is 17.7. The predicted molar refractivity (Wildman–Crippen MR) is 93.0 cm³/mol. The van der Waals surface area contributed by atoms with Crippen LogP contribution in [-0.2, 0) is 26.2 Å². The van der Waals surface area contributed by atoms with Gasteiger partial charge in [-0.2, -0.15) is 5.10 Å². The van der Waals surface area contributed by atoms with Crippen molar-refractivity contribution in [2.75, 3.05) is 19.8 Å². The molecular weight excluding hydrogens is 306 g/mol. The highest BCUT2D eigenvalue weighted by Gasteiger charge is 2.29. The van der Waals surface area contributed by atoms with Gasteiger partial charge in [-0.1, -0.05) is 0 Å². The molecule has 6 nitrogen and oxygen atoms in total. The first-order chi connectivity index (χ1) is 11.3. The number of hydrogen-bond donors (Lipinski definition) is 1. The van der Waals surface area contributed by atoms with E-state index in [1.165, 1.54) is 5.69 Å². The molecule has 0 radical (unpaired) electrons. The second kappa shape index (κ2) is 8.12. The molecule has 0 saturated heterocycles. The first-order valence-corrected chi connectivity index (χ1v) is 8.91. The Bertz CT molecular complexity index is 548. The fraction of sp³-hybridized carbons (Fsp3) is 0.778. The summed E-state index contributed by atoms with van der Waals surface area (Å²) in [5, 5.41) is 7.68. The third-order valence-electron chi connectivity index (χ3n) is 4.30. The fourth-order valence-corrected chi connectivity index (χ4v) is 3.08. The fourth-order valence-electron chi connectivity index (χ4n) is 3.08. The molecule has 1 heterocycles. The number of aromatic nitrogens is 2. The number of amides is 1. The van der Waals surface area contributed by atoms with Crippen LogP contribution in [0.1, 0.15) is 64.8 Å². The van der Waals surface area contributed by atoms with Gasteiger partial charge in [-0.3, -0.25) is 9.48 Å². The van der Waals surface area contributed by atoms with Crippen molar-refractivity contribution in [3.63, 3.8) is 0 Å². The van der Waals surface area contributed by atoms with Gasteiger partial charge < -0.3 is 14.8 Å². The summed E-state index contributed by atoms with van der Waals surface area (Å²) in [6, 6.07) is 0.0234. The second-order valence-electron chi connectivity index (χ2n) is 7.29. The lowest BCUT2D eigenvalue weighted by atomic mass is 9.92. The number of rotatable bonds is 7. The van der Waals surface area contributed by atoms with Crippen LogP contribution in [0.15, 0.2) is 6.20 Å². The third-order valence-corrected chi connectivity index (χ3v) is 4.30. The minimum atomic E-state index is -0.478.